The van der Waals surface area contributed by atoms with Gasteiger partial charge in [-0.1, -0.05) is 15.9 Å². The number of nitrogens with zero attached hydrogens (tertiary/aromatic N) is 1. The first-order valence-electron chi connectivity index (χ1n) is 5.87. The number of nitrogen functional groups attached to an aromatic ring is 1. The number of rotatable bonds is 3. The second-order valence-electron chi connectivity index (χ2n) is 4.45. The van der Waals surface area contributed by atoms with Crippen molar-refractivity contribution in [1.82, 2.24) is 0 Å². The summed E-state index contributed by atoms with van der Waals surface area (Å²) in [5, 5.41) is 12.1. The van der Waals surface area contributed by atoms with Gasteiger partial charge in [-0.05, 0) is 36.4 Å². The van der Waals surface area contributed by atoms with E-state index in [1.807, 2.05) is 0 Å². The summed E-state index contributed by atoms with van der Waals surface area (Å²) in [5.41, 5.74) is 7.76. The Morgan fingerprint density at radius 2 is 1.90 bits per heavy atom. The summed E-state index contributed by atoms with van der Waals surface area (Å²) in [7, 11) is -3.30. The van der Waals surface area contributed by atoms with Crippen molar-refractivity contribution in [3.8, 4) is 6.07 Å². The lowest BCUT2D eigenvalue weighted by Gasteiger charge is -2.12. The average molecular weight is 366 g/mol. The highest BCUT2D eigenvalue weighted by atomic mass is 79.9. The molecule has 0 aliphatic rings. The first-order chi connectivity index (χ1) is 9.81. The summed E-state index contributed by atoms with van der Waals surface area (Å²) in [6, 6.07) is 11.7. The fourth-order valence-corrected chi connectivity index (χ4v) is 2.77. The van der Waals surface area contributed by atoms with E-state index in [2.05, 4.69) is 27.3 Å². The number of nitrogens with two attached hydrogens (primary N) is 1. The van der Waals surface area contributed by atoms with E-state index in [1.54, 1.807) is 24.3 Å². The second kappa shape index (κ2) is 5.76. The molecule has 0 spiro atoms. The van der Waals surface area contributed by atoms with Gasteiger partial charge in [0.1, 0.15) is 6.07 Å². The first kappa shape index (κ1) is 15.4. The Bertz CT molecular complexity index is 842. The van der Waals surface area contributed by atoms with Crippen LogP contribution in [0.3, 0.4) is 0 Å². The summed E-state index contributed by atoms with van der Waals surface area (Å²) < 4.78 is 23.8. The van der Waals surface area contributed by atoms with Crippen molar-refractivity contribution >= 4 is 42.8 Å². The molecule has 2 rings (SSSR count). The van der Waals surface area contributed by atoms with Gasteiger partial charge in [0.15, 0.2) is 9.84 Å². The van der Waals surface area contributed by atoms with E-state index in [4.69, 9.17) is 11.0 Å². The zero-order valence-corrected chi connectivity index (χ0v) is 13.5. The van der Waals surface area contributed by atoms with Crippen molar-refractivity contribution in [2.75, 3.05) is 17.3 Å². The van der Waals surface area contributed by atoms with Crippen LogP contribution in [0.5, 0.6) is 0 Å². The Labute approximate surface area is 131 Å². The van der Waals surface area contributed by atoms with E-state index >= 15 is 0 Å². The smallest absolute Gasteiger partial charge is 0.175 e. The summed E-state index contributed by atoms with van der Waals surface area (Å²) in [6.07, 6.45) is 1.12. The van der Waals surface area contributed by atoms with Gasteiger partial charge in [0, 0.05) is 10.7 Å². The van der Waals surface area contributed by atoms with Crippen LogP contribution in [0.2, 0.25) is 0 Å². The number of sulfone groups is 1. The normalized spacial score (nSPS) is 10.9. The van der Waals surface area contributed by atoms with Crippen LogP contribution in [0, 0.1) is 11.3 Å². The van der Waals surface area contributed by atoms with Crippen LogP contribution in [-0.4, -0.2) is 14.7 Å². The van der Waals surface area contributed by atoms with Gasteiger partial charge in [0.05, 0.1) is 27.5 Å². The third kappa shape index (κ3) is 3.54. The van der Waals surface area contributed by atoms with E-state index < -0.39 is 9.84 Å². The summed E-state index contributed by atoms with van der Waals surface area (Å²) in [5.74, 6) is 0. The van der Waals surface area contributed by atoms with Crippen molar-refractivity contribution in [2.24, 2.45) is 0 Å². The Kier molecular flexibility index (Phi) is 4.21. The predicted octanol–water partition coefficient (Wildman–Crippen LogP) is 3.05. The molecule has 2 aromatic rings. The maximum absolute atomic E-state index is 11.5. The van der Waals surface area contributed by atoms with Crippen LogP contribution in [0.1, 0.15) is 5.56 Å². The molecule has 21 heavy (non-hydrogen) atoms. The van der Waals surface area contributed by atoms with E-state index in [9.17, 15) is 8.42 Å². The molecular weight excluding hydrogens is 354 g/mol. The minimum absolute atomic E-state index is 0.153. The van der Waals surface area contributed by atoms with Crippen LogP contribution in [-0.2, 0) is 9.84 Å². The SMILES string of the molecule is CS(=O)(=O)c1ccc(Nc2cc(Br)ccc2C#N)c(N)c1. The van der Waals surface area contributed by atoms with Gasteiger partial charge in [-0.2, -0.15) is 5.26 Å². The first-order valence-corrected chi connectivity index (χ1v) is 8.56. The van der Waals surface area contributed by atoms with Crippen molar-refractivity contribution in [3.05, 3.63) is 46.4 Å². The predicted molar refractivity (Wildman–Crippen MR) is 86.1 cm³/mol. The standard InChI is InChI=1S/C14H12BrN3O2S/c1-21(19,20)11-4-5-13(12(17)7-11)18-14-6-10(15)3-2-9(14)8-16/h2-7,18H,17H2,1H3. The number of hydrogen-bond acceptors (Lipinski definition) is 5. The zero-order chi connectivity index (χ0) is 15.6. The monoisotopic (exact) mass is 365 g/mol. The van der Waals surface area contributed by atoms with Crippen molar-refractivity contribution in [1.29, 1.82) is 5.26 Å². The maximum atomic E-state index is 11.5. The van der Waals surface area contributed by atoms with Gasteiger partial charge < -0.3 is 11.1 Å². The molecule has 0 amide bonds. The Hall–Kier alpha value is -2.04. The number of hydrogen-bond donors (Lipinski definition) is 2. The lowest BCUT2D eigenvalue weighted by atomic mass is 10.2. The second-order valence-corrected chi connectivity index (χ2v) is 7.38. The van der Waals surface area contributed by atoms with Crippen LogP contribution < -0.4 is 11.1 Å². The molecule has 2 aromatic carbocycles. The average Bonchev–Trinajstić information content (AvgIpc) is 2.40. The van der Waals surface area contributed by atoms with Gasteiger partial charge >= 0.3 is 0 Å². The highest BCUT2D eigenvalue weighted by molar-refractivity contribution is 9.10. The van der Waals surface area contributed by atoms with Crippen molar-refractivity contribution in [3.63, 3.8) is 0 Å². The number of halogens is 1. The molecule has 0 unspecified atom stereocenters. The number of benzene rings is 2. The molecule has 0 fully saturated rings. The highest BCUT2D eigenvalue weighted by Gasteiger charge is 2.11. The molecule has 0 bridgehead atoms. The van der Waals surface area contributed by atoms with E-state index in [1.165, 1.54) is 12.1 Å². The third-order valence-corrected chi connectivity index (χ3v) is 4.43. The molecule has 3 N–H and O–H groups in total. The summed E-state index contributed by atoms with van der Waals surface area (Å²) in [6.45, 7) is 0. The topological polar surface area (TPSA) is 96.0 Å². The molecule has 0 atom stereocenters. The van der Waals surface area contributed by atoms with Gasteiger partial charge in [-0.15, -0.1) is 0 Å². The van der Waals surface area contributed by atoms with Crippen LogP contribution in [0.4, 0.5) is 17.1 Å². The molecular formula is C14H12BrN3O2S. The Morgan fingerprint density at radius 1 is 1.19 bits per heavy atom. The number of anilines is 3. The summed E-state index contributed by atoms with van der Waals surface area (Å²) in [4.78, 5) is 0.153. The van der Waals surface area contributed by atoms with E-state index in [-0.39, 0.29) is 4.90 Å². The molecule has 0 heterocycles. The van der Waals surface area contributed by atoms with E-state index in [0.717, 1.165) is 10.7 Å². The van der Waals surface area contributed by atoms with Gasteiger partial charge in [-0.25, -0.2) is 8.42 Å². The minimum atomic E-state index is -3.30. The Morgan fingerprint density at radius 3 is 2.48 bits per heavy atom. The van der Waals surface area contributed by atoms with Gasteiger partial charge in [0.25, 0.3) is 0 Å². The number of nitrogens with one attached hydrogen (secondary N) is 1. The molecule has 0 radical (unpaired) electrons. The third-order valence-electron chi connectivity index (χ3n) is 2.82. The lowest BCUT2D eigenvalue weighted by molar-refractivity contribution is 0.602. The molecule has 0 saturated carbocycles. The maximum Gasteiger partial charge on any atom is 0.175 e. The molecule has 5 nitrogen and oxygen atoms in total. The van der Waals surface area contributed by atoms with Crippen LogP contribution in [0.15, 0.2) is 45.8 Å². The molecule has 0 saturated heterocycles. The van der Waals surface area contributed by atoms with Crippen LogP contribution >= 0.6 is 15.9 Å². The summed E-state index contributed by atoms with van der Waals surface area (Å²) >= 11 is 3.34. The van der Waals surface area contributed by atoms with Crippen molar-refractivity contribution in [2.45, 2.75) is 4.90 Å². The van der Waals surface area contributed by atoms with Gasteiger partial charge in [0.2, 0.25) is 0 Å². The van der Waals surface area contributed by atoms with Crippen molar-refractivity contribution < 1.29 is 8.42 Å². The minimum Gasteiger partial charge on any atom is -0.397 e. The fraction of sp³-hybridized carbons (Fsp3) is 0.0714. The lowest BCUT2D eigenvalue weighted by Crippen LogP contribution is -2.02. The highest BCUT2D eigenvalue weighted by Crippen LogP contribution is 2.29. The number of nitriles is 1. The Balaban J connectivity index is 2.42. The van der Waals surface area contributed by atoms with E-state index in [0.29, 0.717) is 22.6 Å². The molecule has 0 aromatic heterocycles. The molecule has 0 aliphatic heterocycles. The molecule has 108 valence electrons. The fourth-order valence-electron chi connectivity index (χ4n) is 1.75. The quantitative estimate of drug-likeness (QED) is 0.814. The van der Waals surface area contributed by atoms with Crippen LogP contribution in [0.25, 0.3) is 0 Å². The van der Waals surface area contributed by atoms with Gasteiger partial charge in [-0.3, -0.25) is 0 Å². The largest absolute Gasteiger partial charge is 0.397 e. The molecule has 0 aliphatic carbocycles. The zero-order valence-electron chi connectivity index (χ0n) is 11.1. The molecule has 7 heteroatoms.